The van der Waals surface area contributed by atoms with Gasteiger partial charge < -0.3 is 4.98 Å². The first-order valence-corrected chi connectivity index (χ1v) is 11.1. The van der Waals surface area contributed by atoms with Gasteiger partial charge in [-0.1, -0.05) is 82.8 Å². The van der Waals surface area contributed by atoms with Crippen LogP contribution >= 0.6 is 58.2 Å². The highest BCUT2D eigenvalue weighted by Crippen LogP contribution is 2.41. The molecule has 3 nitrogen and oxygen atoms in total. The molecule has 0 radical (unpaired) electrons. The average Bonchev–Trinajstić information content (AvgIpc) is 3.04. The van der Waals surface area contributed by atoms with E-state index in [1.807, 2.05) is 48.5 Å². The number of hydrogen-bond donors (Lipinski definition) is 1. The van der Waals surface area contributed by atoms with Gasteiger partial charge in [-0.3, -0.25) is 0 Å². The van der Waals surface area contributed by atoms with Crippen molar-refractivity contribution in [3.8, 4) is 0 Å². The fourth-order valence-corrected chi connectivity index (χ4v) is 5.00. The van der Waals surface area contributed by atoms with Gasteiger partial charge in [-0.25, -0.2) is 0 Å². The molecular weight excluding hydrogens is 468 g/mol. The summed E-state index contributed by atoms with van der Waals surface area (Å²) in [5, 5.41) is 12.5. The summed E-state index contributed by atoms with van der Waals surface area (Å²) in [4.78, 5) is 3.41. The Morgan fingerprint density at radius 1 is 0.759 bits per heavy atom. The molecule has 146 valence electrons. The number of H-pyrrole nitrogens is 1. The van der Waals surface area contributed by atoms with Gasteiger partial charge in [0.15, 0.2) is 0 Å². The Morgan fingerprint density at radius 3 is 2.17 bits per heavy atom. The third-order valence-electron chi connectivity index (χ3n) is 4.21. The zero-order valence-electron chi connectivity index (χ0n) is 14.8. The van der Waals surface area contributed by atoms with E-state index in [0.29, 0.717) is 26.5 Å². The zero-order valence-corrected chi connectivity index (χ0v) is 18.6. The highest BCUT2D eigenvalue weighted by molar-refractivity contribution is 7.98. The van der Waals surface area contributed by atoms with Crippen LogP contribution in [0.1, 0.15) is 5.56 Å². The van der Waals surface area contributed by atoms with Gasteiger partial charge in [0.05, 0.1) is 10.0 Å². The molecule has 0 saturated heterocycles. The fraction of sp³-hybridized carbons (Fsp3) is 0.0476. The molecule has 1 aromatic heterocycles. The number of hydrogen-bond acceptors (Lipinski definition) is 3. The van der Waals surface area contributed by atoms with Crippen LogP contribution in [-0.4, -0.2) is 4.98 Å². The smallest absolute Gasteiger partial charge is 0.125 e. The van der Waals surface area contributed by atoms with Crippen molar-refractivity contribution in [3.63, 3.8) is 0 Å². The Hall–Kier alpha value is -1.69. The van der Waals surface area contributed by atoms with Crippen molar-refractivity contribution >= 4 is 80.4 Å². The monoisotopic (exact) mass is 479 g/mol. The highest BCUT2D eigenvalue weighted by Gasteiger charge is 2.14. The summed E-state index contributed by atoms with van der Waals surface area (Å²) in [6, 6.07) is 18.9. The van der Waals surface area contributed by atoms with Crippen molar-refractivity contribution in [1.29, 1.82) is 0 Å². The van der Waals surface area contributed by atoms with Crippen LogP contribution in [0.2, 0.25) is 20.1 Å². The van der Waals surface area contributed by atoms with Crippen LogP contribution in [0.25, 0.3) is 10.9 Å². The molecule has 0 aliphatic rings. The molecule has 4 rings (SSSR count). The van der Waals surface area contributed by atoms with Gasteiger partial charge in [0.1, 0.15) is 16.4 Å². The lowest BCUT2D eigenvalue weighted by Crippen LogP contribution is -1.82. The minimum atomic E-state index is 0.344. The number of nitrogens with zero attached hydrogens (tertiary/aromatic N) is 2. The van der Waals surface area contributed by atoms with E-state index < -0.39 is 0 Å². The third kappa shape index (κ3) is 4.57. The molecule has 0 unspecified atom stereocenters. The lowest BCUT2D eigenvalue weighted by Gasteiger charge is -2.04. The molecule has 0 aliphatic heterocycles. The van der Waals surface area contributed by atoms with Crippen LogP contribution < -0.4 is 0 Å². The molecule has 0 aliphatic carbocycles. The minimum absolute atomic E-state index is 0.344. The van der Waals surface area contributed by atoms with Crippen molar-refractivity contribution in [3.05, 3.63) is 86.3 Å². The second kappa shape index (κ2) is 8.99. The molecule has 0 fully saturated rings. The number of halogens is 4. The fourth-order valence-electron chi connectivity index (χ4n) is 2.80. The van der Waals surface area contributed by atoms with E-state index in [9.17, 15) is 0 Å². The third-order valence-corrected chi connectivity index (χ3v) is 6.41. The second-order valence-electron chi connectivity index (χ2n) is 6.15. The number of thioether (sulfide) groups is 1. The standard InChI is InChI=1S/C21H13Cl4N3S/c22-13-9-16(24)20(17(25)10-13)28-27-19-14-6-2-4-8-18(14)26-21(19)29-11-12-5-1-3-7-15(12)23/h1-10,26H,11H2. The SMILES string of the molecule is Clc1cc(Cl)c(N=Nc2c(SCc3ccccc3Cl)[nH]c3ccccc23)c(Cl)c1. The Morgan fingerprint density at radius 2 is 1.41 bits per heavy atom. The van der Waals surface area contributed by atoms with E-state index in [1.165, 1.54) is 0 Å². The van der Waals surface area contributed by atoms with Gasteiger partial charge in [-0.05, 0) is 29.8 Å². The molecule has 0 amide bonds. The van der Waals surface area contributed by atoms with Crippen LogP contribution in [0.4, 0.5) is 11.4 Å². The van der Waals surface area contributed by atoms with Crippen molar-refractivity contribution < 1.29 is 0 Å². The molecule has 8 heteroatoms. The predicted molar refractivity (Wildman–Crippen MR) is 125 cm³/mol. The maximum Gasteiger partial charge on any atom is 0.125 e. The summed E-state index contributed by atoms with van der Waals surface area (Å²) in [6.45, 7) is 0. The van der Waals surface area contributed by atoms with Crippen molar-refractivity contribution in [2.24, 2.45) is 10.2 Å². The molecule has 0 bridgehead atoms. The normalized spacial score (nSPS) is 11.6. The second-order valence-corrected chi connectivity index (χ2v) is 8.79. The van der Waals surface area contributed by atoms with Crippen LogP contribution in [0.3, 0.4) is 0 Å². The maximum atomic E-state index is 6.29. The Labute approximate surface area is 192 Å². The Kier molecular flexibility index (Phi) is 6.38. The summed E-state index contributed by atoms with van der Waals surface area (Å²) in [5.41, 5.74) is 3.12. The maximum absolute atomic E-state index is 6.29. The Bertz CT molecular complexity index is 1200. The van der Waals surface area contributed by atoms with Crippen LogP contribution in [0.5, 0.6) is 0 Å². The molecule has 1 N–H and O–H groups in total. The van der Waals surface area contributed by atoms with E-state index in [1.54, 1.807) is 23.9 Å². The average molecular weight is 481 g/mol. The predicted octanol–water partition coefficient (Wildman–Crippen LogP) is 9.49. The molecule has 0 saturated carbocycles. The van der Waals surface area contributed by atoms with E-state index >= 15 is 0 Å². The number of fused-ring (bicyclic) bond motifs is 1. The number of aromatic nitrogens is 1. The molecule has 0 spiro atoms. The molecule has 4 aromatic rings. The quantitative estimate of drug-likeness (QED) is 0.224. The van der Waals surface area contributed by atoms with Crippen LogP contribution in [0.15, 0.2) is 75.9 Å². The first kappa shape index (κ1) is 20.6. The zero-order chi connectivity index (χ0) is 20.4. The molecule has 3 aromatic carbocycles. The lowest BCUT2D eigenvalue weighted by atomic mass is 10.2. The van der Waals surface area contributed by atoms with Gasteiger partial charge in [-0.15, -0.1) is 22.0 Å². The molecule has 29 heavy (non-hydrogen) atoms. The van der Waals surface area contributed by atoms with Crippen LogP contribution in [-0.2, 0) is 5.75 Å². The summed E-state index contributed by atoms with van der Waals surface area (Å²) in [7, 11) is 0. The van der Waals surface area contributed by atoms with Crippen molar-refractivity contribution in [1.82, 2.24) is 4.98 Å². The van der Waals surface area contributed by atoms with Gasteiger partial charge in [-0.2, -0.15) is 0 Å². The molecule has 0 atom stereocenters. The van der Waals surface area contributed by atoms with E-state index in [4.69, 9.17) is 46.4 Å². The number of rotatable bonds is 5. The first-order chi connectivity index (χ1) is 14.0. The van der Waals surface area contributed by atoms with Crippen molar-refractivity contribution in [2.75, 3.05) is 0 Å². The molecule has 1 heterocycles. The summed E-state index contributed by atoms with van der Waals surface area (Å²) >= 11 is 26.4. The summed E-state index contributed by atoms with van der Waals surface area (Å²) in [5.74, 6) is 0.692. The van der Waals surface area contributed by atoms with E-state index in [0.717, 1.165) is 32.2 Å². The largest absolute Gasteiger partial charge is 0.348 e. The minimum Gasteiger partial charge on any atom is -0.348 e. The first-order valence-electron chi connectivity index (χ1n) is 8.56. The Balaban J connectivity index is 1.71. The van der Waals surface area contributed by atoms with Gasteiger partial charge in [0.2, 0.25) is 0 Å². The highest BCUT2D eigenvalue weighted by atomic mass is 35.5. The van der Waals surface area contributed by atoms with E-state index in [2.05, 4.69) is 15.2 Å². The molecular formula is C21H13Cl4N3S. The van der Waals surface area contributed by atoms with Gasteiger partial charge in [0.25, 0.3) is 0 Å². The van der Waals surface area contributed by atoms with Gasteiger partial charge in [0, 0.05) is 26.7 Å². The van der Waals surface area contributed by atoms with Crippen molar-refractivity contribution in [2.45, 2.75) is 10.8 Å². The van der Waals surface area contributed by atoms with Gasteiger partial charge >= 0.3 is 0 Å². The van der Waals surface area contributed by atoms with E-state index in [-0.39, 0.29) is 0 Å². The number of nitrogens with one attached hydrogen (secondary N) is 1. The summed E-state index contributed by atoms with van der Waals surface area (Å²) < 4.78 is 0. The van der Waals surface area contributed by atoms with Crippen LogP contribution in [0, 0.1) is 0 Å². The number of benzene rings is 3. The lowest BCUT2D eigenvalue weighted by molar-refractivity contribution is 1.15. The number of aromatic amines is 1. The number of para-hydroxylation sites is 1. The summed E-state index contributed by atoms with van der Waals surface area (Å²) in [6.07, 6.45) is 0. The number of azo groups is 1. The topological polar surface area (TPSA) is 40.5 Å².